The van der Waals surface area contributed by atoms with Crippen molar-refractivity contribution in [3.8, 4) is 11.5 Å². The van der Waals surface area contributed by atoms with Crippen molar-refractivity contribution < 1.29 is 27.8 Å². The lowest BCUT2D eigenvalue weighted by atomic mass is 9.84. The highest BCUT2D eigenvalue weighted by molar-refractivity contribution is 7.86. The molecule has 0 spiro atoms. The van der Waals surface area contributed by atoms with Gasteiger partial charge >= 0.3 is 5.97 Å². The van der Waals surface area contributed by atoms with E-state index < -0.39 is 22.1 Å². The first-order valence-electron chi connectivity index (χ1n) is 11.2. The van der Waals surface area contributed by atoms with Crippen molar-refractivity contribution in [2.75, 3.05) is 47.1 Å². The zero-order chi connectivity index (χ0) is 23.5. The normalized spacial score (nSPS) is 23.4. The van der Waals surface area contributed by atoms with Gasteiger partial charge in [0.2, 0.25) is 6.79 Å². The van der Waals surface area contributed by atoms with E-state index in [4.69, 9.17) is 9.47 Å². The Hall–Kier alpha value is -1.88. The van der Waals surface area contributed by atoms with E-state index in [0.29, 0.717) is 44.1 Å². The summed E-state index contributed by atoms with van der Waals surface area (Å²) >= 11 is 0. The smallest absolute Gasteiger partial charge is 0.308 e. The molecule has 2 aliphatic rings. The monoisotopic (exact) mass is 469 g/mol. The summed E-state index contributed by atoms with van der Waals surface area (Å²) in [4.78, 5) is 14.5. The predicted octanol–water partition coefficient (Wildman–Crippen LogP) is 2.20. The van der Waals surface area contributed by atoms with E-state index in [1.165, 1.54) is 22.7 Å². The molecule has 0 unspecified atom stereocenters. The number of hydrogen-bond donors (Lipinski definition) is 1. The van der Waals surface area contributed by atoms with Gasteiger partial charge in [0.1, 0.15) is 0 Å². The molecule has 1 N–H and O–H groups in total. The van der Waals surface area contributed by atoms with Crippen molar-refractivity contribution in [3.63, 3.8) is 0 Å². The summed E-state index contributed by atoms with van der Waals surface area (Å²) in [5, 5.41) is 10.1. The van der Waals surface area contributed by atoms with Crippen LogP contribution in [0.4, 0.5) is 0 Å². The first-order valence-corrected chi connectivity index (χ1v) is 12.6. The first kappa shape index (κ1) is 24.8. The summed E-state index contributed by atoms with van der Waals surface area (Å²) in [7, 11) is -0.469. The molecule has 0 radical (unpaired) electrons. The minimum atomic E-state index is -3.53. The Labute approximate surface area is 191 Å². The largest absolute Gasteiger partial charge is 0.481 e. The third-order valence-electron chi connectivity index (χ3n) is 6.34. The molecule has 0 aliphatic carbocycles. The molecule has 2 aliphatic heterocycles. The summed E-state index contributed by atoms with van der Waals surface area (Å²) in [5.41, 5.74) is 0.914. The molecule has 1 fully saturated rings. The van der Waals surface area contributed by atoms with Crippen molar-refractivity contribution >= 4 is 16.2 Å². The molecule has 0 bridgehead atoms. The number of aliphatic carboxylic acids is 1. The number of carboxylic acids is 1. The molecule has 0 saturated carbocycles. The molecule has 10 heteroatoms. The number of ether oxygens (including phenoxy) is 2. The lowest BCUT2D eigenvalue weighted by Gasteiger charge is -2.30. The van der Waals surface area contributed by atoms with Crippen LogP contribution in [-0.4, -0.2) is 86.1 Å². The van der Waals surface area contributed by atoms with Gasteiger partial charge in [0.25, 0.3) is 10.2 Å². The molecular weight excluding hydrogens is 434 g/mol. The fraction of sp³-hybridized carbons (Fsp3) is 0.682. The van der Waals surface area contributed by atoms with E-state index in [9.17, 15) is 18.3 Å². The molecule has 9 nitrogen and oxygen atoms in total. The predicted molar refractivity (Wildman–Crippen MR) is 121 cm³/mol. The standard InChI is InChI=1S/C22H35N3O6S/c1-5-7-18-21(22(26)27)17(16-8-9-19-20(13-16)31-15-30-19)14-24(18)11-12-25(10-6-2)32(28,29)23(3)4/h8-9,13,17-18,21H,5-7,10-12,14-15H2,1-4H3,(H,26,27)/t17-,18-,21+/m1/s1. The van der Waals surface area contributed by atoms with Gasteiger partial charge in [-0.2, -0.15) is 17.0 Å². The number of fused-ring (bicyclic) bond motifs is 1. The van der Waals surface area contributed by atoms with E-state index in [2.05, 4.69) is 4.90 Å². The molecule has 2 heterocycles. The summed E-state index contributed by atoms with van der Waals surface area (Å²) in [6.45, 7) is 5.97. The van der Waals surface area contributed by atoms with E-state index >= 15 is 0 Å². The fourth-order valence-electron chi connectivity index (χ4n) is 4.77. The number of nitrogens with zero attached hydrogens (tertiary/aromatic N) is 3. The topological polar surface area (TPSA) is 99.6 Å². The van der Waals surface area contributed by atoms with Gasteiger partial charge in [-0.25, -0.2) is 0 Å². The lowest BCUT2D eigenvalue weighted by Crippen LogP contribution is -2.46. The van der Waals surface area contributed by atoms with Gasteiger partial charge in [0, 0.05) is 52.2 Å². The first-order chi connectivity index (χ1) is 15.2. The quantitative estimate of drug-likeness (QED) is 0.530. The van der Waals surface area contributed by atoms with Gasteiger partial charge in [-0.05, 0) is 30.5 Å². The van der Waals surface area contributed by atoms with Crippen LogP contribution in [0.5, 0.6) is 11.5 Å². The molecule has 0 aromatic heterocycles. The van der Waals surface area contributed by atoms with Crippen molar-refractivity contribution in [2.45, 2.75) is 45.1 Å². The Morgan fingerprint density at radius 1 is 1.16 bits per heavy atom. The van der Waals surface area contributed by atoms with Gasteiger partial charge < -0.3 is 14.6 Å². The molecule has 3 atom stereocenters. The maximum atomic E-state index is 12.7. The summed E-state index contributed by atoms with van der Waals surface area (Å²) in [6, 6.07) is 5.48. The third-order valence-corrected chi connectivity index (χ3v) is 8.28. The van der Waals surface area contributed by atoms with E-state index in [1.807, 2.05) is 32.0 Å². The van der Waals surface area contributed by atoms with Gasteiger partial charge in [0.05, 0.1) is 5.92 Å². The second-order valence-electron chi connectivity index (χ2n) is 8.62. The molecule has 32 heavy (non-hydrogen) atoms. The SMILES string of the molecule is CCC[C@@H]1[C@@H](C(=O)O)[C@@H](c2ccc3c(c2)OCO3)CN1CCN(CCC)S(=O)(=O)N(C)C. The number of carboxylic acid groups (broad SMARTS) is 1. The van der Waals surface area contributed by atoms with Gasteiger partial charge in [0.15, 0.2) is 11.5 Å². The Kier molecular flexibility index (Phi) is 8.02. The van der Waals surface area contributed by atoms with E-state index in [-0.39, 0.29) is 18.8 Å². The number of rotatable bonds is 11. The highest BCUT2D eigenvalue weighted by atomic mass is 32.2. The summed E-state index contributed by atoms with van der Waals surface area (Å²) in [5.74, 6) is -0.281. The van der Waals surface area contributed by atoms with Crippen LogP contribution in [0.3, 0.4) is 0 Å². The van der Waals surface area contributed by atoms with E-state index in [1.54, 1.807) is 0 Å². The highest BCUT2D eigenvalue weighted by Crippen LogP contribution is 2.42. The van der Waals surface area contributed by atoms with Crippen molar-refractivity contribution in [1.82, 2.24) is 13.5 Å². The zero-order valence-electron chi connectivity index (χ0n) is 19.4. The molecule has 0 amide bonds. The van der Waals surface area contributed by atoms with Crippen LogP contribution in [-0.2, 0) is 15.0 Å². The van der Waals surface area contributed by atoms with Crippen LogP contribution in [0.1, 0.15) is 44.6 Å². The molecule has 1 aromatic rings. The minimum Gasteiger partial charge on any atom is -0.481 e. The molecular formula is C22H35N3O6S. The average Bonchev–Trinajstić information content (AvgIpc) is 3.35. The number of benzene rings is 1. The van der Waals surface area contributed by atoms with Crippen LogP contribution >= 0.6 is 0 Å². The number of carbonyl (C=O) groups is 1. The molecule has 3 rings (SSSR count). The van der Waals surface area contributed by atoms with Crippen LogP contribution in [0, 0.1) is 5.92 Å². The average molecular weight is 470 g/mol. The number of hydrogen-bond acceptors (Lipinski definition) is 6. The summed E-state index contributed by atoms with van der Waals surface area (Å²) < 4.78 is 39.0. The highest BCUT2D eigenvalue weighted by Gasteiger charge is 2.46. The van der Waals surface area contributed by atoms with E-state index in [0.717, 1.165) is 18.4 Å². The molecule has 1 aromatic carbocycles. The Bertz CT molecular complexity index is 907. The van der Waals surface area contributed by atoms with Gasteiger partial charge in [-0.1, -0.05) is 26.3 Å². The van der Waals surface area contributed by atoms with Crippen LogP contribution in [0.15, 0.2) is 18.2 Å². The maximum absolute atomic E-state index is 12.7. The second-order valence-corrected chi connectivity index (χ2v) is 10.8. The van der Waals surface area contributed by atoms with Gasteiger partial charge in [-0.3, -0.25) is 9.69 Å². The molecule has 180 valence electrons. The van der Waals surface area contributed by atoms with Crippen molar-refractivity contribution in [1.29, 1.82) is 0 Å². The van der Waals surface area contributed by atoms with Crippen LogP contribution in [0.25, 0.3) is 0 Å². The number of likely N-dealkylation sites (tertiary alicyclic amines) is 1. The summed E-state index contributed by atoms with van der Waals surface area (Å²) in [6.07, 6.45) is 2.31. The maximum Gasteiger partial charge on any atom is 0.308 e. The minimum absolute atomic E-state index is 0.154. The fourth-order valence-corrected chi connectivity index (χ4v) is 5.96. The lowest BCUT2D eigenvalue weighted by molar-refractivity contribution is -0.143. The van der Waals surface area contributed by atoms with Crippen LogP contribution < -0.4 is 9.47 Å². The Morgan fingerprint density at radius 3 is 2.50 bits per heavy atom. The Balaban J connectivity index is 1.84. The third kappa shape index (κ3) is 5.03. The molecule has 1 saturated heterocycles. The zero-order valence-corrected chi connectivity index (χ0v) is 20.2. The van der Waals surface area contributed by atoms with Crippen LogP contribution in [0.2, 0.25) is 0 Å². The van der Waals surface area contributed by atoms with Gasteiger partial charge in [-0.15, -0.1) is 0 Å². The second kappa shape index (κ2) is 10.4. The van der Waals surface area contributed by atoms with Crippen molar-refractivity contribution in [2.24, 2.45) is 5.92 Å². The Morgan fingerprint density at radius 2 is 1.88 bits per heavy atom. The van der Waals surface area contributed by atoms with Crippen molar-refractivity contribution in [3.05, 3.63) is 23.8 Å².